The smallest absolute Gasteiger partial charge is 0.0670 e. The van der Waals surface area contributed by atoms with E-state index in [9.17, 15) is 0 Å². The summed E-state index contributed by atoms with van der Waals surface area (Å²) in [5.74, 6) is 0. The van der Waals surface area contributed by atoms with Gasteiger partial charge in [-0.1, -0.05) is 6.42 Å². The van der Waals surface area contributed by atoms with Crippen LogP contribution in [0.5, 0.6) is 0 Å². The number of piperidine rings is 1. The maximum atomic E-state index is 4.30. The van der Waals surface area contributed by atoms with Crippen LogP contribution < -0.4 is 5.32 Å². The molecule has 1 aliphatic heterocycles. The number of likely N-dealkylation sites (tertiary alicyclic amines) is 1. The first-order valence-corrected chi connectivity index (χ1v) is 6.97. The van der Waals surface area contributed by atoms with Crippen LogP contribution in [0.15, 0.2) is 12.3 Å². The van der Waals surface area contributed by atoms with E-state index in [0.717, 1.165) is 0 Å². The second-order valence-electron chi connectivity index (χ2n) is 5.80. The van der Waals surface area contributed by atoms with Crippen LogP contribution in [0.1, 0.15) is 44.8 Å². The fourth-order valence-corrected chi connectivity index (χ4v) is 3.18. The van der Waals surface area contributed by atoms with Crippen molar-refractivity contribution in [3.05, 3.63) is 18.0 Å². The number of hydrogen-bond donors (Lipinski definition) is 1. The Labute approximate surface area is 110 Å². The Morgan fingerprint density at radius 1 is 1.28 bits per heavy atom. The molecule has 1 aromatic heterocycles. The lowest BCUT2D eigenvalue weighted by Gasteiger charge is -2.45. The number of nitrogens with one attached hydrogen (secondary N) is 1. The second-order valence-corrected chi connectivity index (χ2v) is 5.80. The van der Waals surface area contributed by atoms with E-state index >= 15 is 0 Å². The molecule has 0 aliphatic carbocycles. The summed E-state index contributed by atoms with van der Waals surface area (Å²) < 4.78 is 1.98. The predicted molar refractivity (Wildman–Crippen MR) is 74.5 cm³/mol. The van der Waals surface area contributed by atoms with Crippen LogP contribution >= 0.6 is 0 Å². The molecular formula is C14H26N4. The van der Waals surface area contributed by atoms with E-state index in [-0.39, 0.29) is 5.54 Å². The molecule has 0 saturated carbocycles. The summed E-state index contributed by atoms with van der Waals surface area (Å²) in [6.07, 6.45) is 5.91. The molecule has 1 N–H and O–H groups in total. The lowest BCUT2D eigenvalue weighted by Crippen LogP contribution is -2.54. The highest BCUT2D eigenvalue weighted by Gasteiger charge is 2.37. The van der Waals surface area contributed by atoms with Crippen molar-refractivity contribution in [3.63, 3.8) is 0 Å². The van der Waals surface area contributed by atoms with Crippen molar-refractivity contribution < 1.29 is 0 Å². The molecule has 2 heterocycles. The summed E-state index contributed by atoms with van der Waals surface area (Å²) in [6.45, 7) is 7.10. The van der Waals surface area contributed by atoms with Crippen molar-refractivity contribution in [1.29, 1.82) is 0 Å². The molecule has 18 heavy (non-hydrogen) atoms. The molecule has 1 unspecified atom stereocenters. The van der Waals surface area contributed by atoms with Gasteiger partial charge in [-0.3, -0.25) is 9.58 Å². The number of aromatic nitrogens is 2. The standard InChI is InChI=1S/C14H26N4/c1-14(2,18-10-6-5-7-11-18)13(15-3)12-8-9-16-17(12)4/h8-9,13,15H,5-7,10-11H2,1-4H3. The first-order valence-electron chi connectivity index (χ1n) is 6.97. The van der Waals surface area contributed by atoms with Crippen molar-refractivity contribution in [2.75, 3.05) is 20.1 Å². The Kier molecular flexibility index (Phi) is 4.07. The third kappa shape index (κ3) is 2.45. The molecule has 102 valence electrons. The van der Waals surface area contributed by atoms with Crippen LogP contribution in [-0.2, 0) is 7.05 Å². The Bertz CT molecular complexity index is 377. The maximum absolute atomic E-state index is 4.30. The third-order valence-electron chi connectivity index (χ3n) is 4.32. The summed E-state index contributed by atoms with van der Waals surface area (Å²) >= 11 is 0. The van der Waals surface area contributed by atoms with Crippen LogP contribution in [0.2, 0.25) is 0 Å². The Morgan fingerprint density at radius 2 is 1.94 bits per heavy atom. The molecule has 1 aromatic rings. The van der Waals surface area contributed by atoms with Gasteiger partial charge in [0.15, 0.2) is 0 Å². The Morgan fingerprint density at radius 3 is 2.44 bits per heavy atom. The molecular weight excluding hydrogens is 224 g/mol. The average molecular weight is 250 g/mol. The van der Waals surface area contributed by atoms with Gasteiger partial charge in [0.2, 0.25) is 0 Å². The van der Waals surface area contributed by atoms with Crippen LogP contribution in [0.4, 0.5) is 0 Å². The highest BCUT2D eigenvalue weighted by atomic mass is 15.3. The van der Waals surface area contributed by atoms with Gasteiger partial charge in [-0.15, -0.1) is 0 Å². The van der Waals surface area contributed by atoms with Gasteiger partial charge >= 0.3 is 0 Å². The topological polar surface area (TPSA) is 33.1 Å². The van der Waals surface area contributed by atoms with Crippen molar-refractivity contribution in [2.45, 2.75) is 44.7 Å². The van der Waals surface area contributed by atoms with Crippen molar-refractivity contribution in [1.82, 2.24) is 20.0 Å². The SMILES string of the molecule is CNC(c1ccnn1C)C(C)(C)N1CCCCC1. The summed E-state index contributed by atoms with van der Waals surface area (Å²) in [7, 11) is 4.06. The zero-order valence-corrected chi connectivity index (χ0v) is 12.1. The molecule has 1 aliphatic rings. The van der Waals surface area contributed by atoms with Crippen LogP contribution in [0, 0.1) is 0 Å². The predicted octanol–water partition coefficient (Wildman–Crippen LogP) is 1.95. The van der Waals surface area contributed by atoms with Crippen LogP contribution in [-0.4, -0.2) is 40.4 Å². The lowest BCUT2D eigenvalue weighted by molar-refractivity contribution is 0.0608. The average Bonchev–Trinajstić information content (AvgIpc) is 2.78. The normalized spacial score (nSPS) is 20.0. The van der Waals surface area contributed by atoms with Gasteiger partial charge in [0.25, 0.3) is 0 Å². The fourth-order valence-electron chi connectivity index (χ4n) is 3.18. The van der Waals surface area contributed by atoms with E-state index in [1.165, 1.54) is 38.0 Å². The number of rotatable bonds is 4. The summed E-state index contributed by atoms with van der Waals surface area (Å²) in [4.78, 5) is 2.62. The molecule has 2 rings (SSSR count). The van der Waals surface area contributed by atoms with Gasteiger partial charge in [-0.05, 0) is 52.9 Å². The molecule has 0 bridgehead atoms. The fraction of sp³-hybridized carbons (Fsp3) is 0.786. The first-order chi connectivity index (χ1) is 8.57. The van der Waals surface area contributed by atoms with Gasteiger partial charge in [0, 0.05) is 18.8 Å². The van der Waals surface area contributed by atoms with E-state index in [1.54, 1.807) is 0 Å². The minimum atomic E-state index is 0.114. The summed E-state index contributed by atoms with van der Waals surface area (Å²) in [6, 6.07) is 2.43. The number of likely N-dealkylation sites (N-methyl/N-ethyl adjacent to an activating group) is 1. The number of aryl methyl sites for hydroxylation is 1. The van der Waals surface area contributed by atoms with Crippen LogP contribution in [0.3, 0.4) is 0 Å². The molecule has 0 spiro atoms. The molecule has 1 atom stereocenters. The largest absolute Gasteiger partial charge is 0.310 e. The zero-order chi connectivity index (χ0) is 13.2. The van der Waals surface area contributed by atoms with Gasteiger partial charge in [0.1, 0.15) is 0 Å². The van der Waals surface area contributed by atoms with Gasteiger partial charge < -0.3 is 5.32 Å². The van der Waals surface area contributed by atoms with E-state index in [1.807, 2.05) is 25.0 Å². The van der Waals surface area contributed by atoms with Gasteiger partial charge in [0.05, 0.1) is 11.7 Å². The van der Waals surface area contributed by atoms with Crippen LogP contribution in [0.25, 0.3) is 0 Å². The van der Waals surface area contributed by atoms with E-state index in [0.29, 0.717) is 6.04 Å². The van der Waals surface area contributed by atoms with E-state index in [4.69, 9.17) is 0 Å². The monoisotopic (exact) mass is 250 g/mol. The lowest BCUT2D eigenvalue weighted by atomic mass is 9.88. The zero-order valence-electron chi connectivity index (χ0n) is 12.1. The highest BCUT2D eigenvalue weighted by molar-refractivity contribution is 5.13. The highest BCUT2D eigenvalue weighted by Crippen LogP contribution is 2.32. The van der Waals surface area contributed by atoms with Crippen molar-refractivity contribution in [3.8, 4) is 0 Å². The van der Waals surface area contributed by atoms with Gasteiger partial charge in [-0.2, -0.15) is 5.10 Å². The van der Waals surface area contributed by atoms with E-state index < -0.39 is 0 Å². The molecule has 4 heteroatoms. The Hall–Kier alpha value is -0.870. The van der Waals surface area contributed by atoms with E-state index in [2.05, 4.69) is 35.2 Å². The first kappa shape index (κ1) is 13.6. The third-order valence-corrected chi connectivity index (χ3v) is 4.32. The molecule has 0 radical (unpaired) electrons. The molecule has 1 saturated heterocycles. The molecule has 0 amide bonds. The van der Waals surface area contributed by atoms with Crippen molar-refractivity contribution >= 4 is 0 Å². The number of nitrogens with zero attached hydrogens (tertiary/aromatic N) is 3. The maximum Gasteiger partial charge on any atom is 0.0670 e. The molecule has 1 fully saturated rings. The molecule has 0 aromatic carbocycles. The Balaban J connectivity index is 2.22. The van der Waals surface area contributed by atoms with Crippen molar-refractivity contribution in [2.24, 2.45) is 7.05 Å². The molecule has 4 nitrogen and oxygen atoms in total. The van der Waals surface area contributed by atoms with Gasteiger partial charge in [-0.25, -0.2) is 0 Å². The summed E-state index contributed by atoms with van der Waals surface area (Å²) in [5.41, 5.74) is 1.37. The minimum absolute atomic E-state index is 0.114. The quantitative estimate of drug-likeness (QED) is 0.886. The minimum Gasteiger partial charge on any atom is -0.310 e. The summed E-state index contributed by atoms with van der Waals surface area (Å²) in [5, 5.41) is 7.78. The number of hydrogen-bond acceptors (Lipinski definition) is 3. The second kappa shape index (κ2) is 5.41.